The minimum Gasteiger partial charge on any atom is -0.478 e. The highest BCUT2D eigenvalue weighted by molar-refractivity contribution is 5.85. The Kier molecular flexibility index (Phi) is 5.22. The molecule has 0 saturated heterocycles. The molecule has 2 aromatic carbocycles. The van der Waals surface area contributed by atoms with Gasteiger partial charge >= 0.3 is 0 Å². The molecule has 0 aliphatic carbocycles. The second-order valence-corrected chi connectivity index (χ2v) is 6.21. The van der Waals surface area contributed by atoms with E-state index >= 15 is 0 Å². The highest BCUT2D eigenvalue weighted by atomic mass is 19.1. The lowest BCUT2D eigenvalue weighted by Crippen LogP contribution is -2.48. The Hall–Kier alpha value is -2.43. The van der Waals surface area contributed by atoms with Crippen LogP contribution in [0.1, 0.15) is 32.4 Å². The van der Waals surface area contributed by atoms with Gasteiger partial charge in [-0.2, -0.15) is 0 Å². The van der Waals surface area contributed by atoms with Crippen LogP contribution >= 0.6 is 0 Å². The normalized spacial score (nSPS) is 12.6. The van der Waals surface area contributed by atoms with Gasteiger partial charge in [0.15, 0.2) is 5.60 Å². The van der Waals surface area contributed by atoms with E-state index in [4.69, 9.17) is 4.74 Å². The maximum absolute atomic E-state index is 13.0. The van der Waals surface area contributed by atoms with E-state index in [1.807, 2.05) is 6.92 Å². The van der Waals surface area contributed by atoms with Crippen LogP contribution in [-0.4, -0.2) is 23.5 Å². The molecule has 0 heterocycles. The minimum atomic E-state index is -1.12. The first kappa shape index (κ1) is 17.9. The van der Waals surface area contributed by atoms with Gasteiger partial charge in [-0.25, -0.2) is 8.78 Å². The Labute approximate surface area is 140 Å². The predicted octanol–water partition coefficient (Wildman–Crippen LogP) is 4.34. The summed E-state index contributed by atoms with van der Waals surface area (Å²) in [6.07, 6.45) is 0. The van der Waals surface area contributed by atoms with Crippen molar-refractivity contribution in [1.29, 1.82) is 0 Å². The molecule has 0 aromatic heterocycles. The monoisotopic (exact) mass is 333 g/mol. The molecule has 0 aliphatic rings. The van der Waals surface area contributed by atoms with Crippen molar-refractivity contribution in [2.45, 2.75) is 32.4 Å². The van der Waals surface area contributed by atoms with Gasteiger partial charge in [-0.15, -0.1) is 0 Å². The van der Waals surface area contributed by atoms with Gasteiger partial charge in [0.05, 0.1) is 6.04 Å². The number of carbonyl (C=O) groups excluding carboxylic acids is 1. The van der Waals surface area contributed by atoms with E-state index < -0.39 is 5.60 Å². The SMILES string of the molecule is CC(c1ccc(F)cc1)N(C)C(=O)C(C)(C)Oc1ccc(F)cc1. The summed E-state index contributed by atoms with van der Waals surface area (Å²) in [5.41, 5.74) is -0.300. The summed E-state index contributed by atoms with van der Waals surface area (Å²) in [5.74, 6) is -0.505. The maximum Gasteiger partial charge on any atom is 0.266 e. The summed E-state index contributed by atoms with van der Waals surface area (Å²) >= 11 is 0. The van der Waals surface area contributed by atoms with Crippen LogP contribution in [0.5, 0.6) is 5.75 Å². The zero-order valence-corrected chi connectivity index (χ0v) is 14.2. The van der Waals surface area contributed by atoms with Crippen LogP contribution in [0.25, 0.3) is 0 Å². The van der Waals surface area contributed by atoms with Gasteiger partial charge in [-0.05, 0) is 62.7 Å². The largest absolute Gasteiger partial charge is 0.478 e. The van der Waals surface area contributed by atoms with Gasteiger partial charge in [0.1, 0.15) is 17.4 Å². The topological polar surface area (TPSA) is 29.5 Å². The lowest BCUT2D eigenvalue weighted by Gasteiger charge is -2.33. The average molecular weight is 333 g/mol. The van der Waals surface area contributed by atoms with Gasteiger partial charge in [-0.3, -0.25) is 4.79 Å². The molecule has 0 radical (unpaired) electrons. The van der Waals surface area contributed by atoms with Crippen molar-refractivity contribution in [2.24, 2.45) is 0 Å². The number of nitrogens with zero attached hydrogens (tertiary/aromatic N) is 1. The molecule has 2 rings (SSSR count). The molecule has 0 fully saturated rings. The lowest BCUT2D eigenvalue weighted by molar-refractivity contribution is -0.146. The van der Waals surface area contributed by atoms with Crippen molar-refractivity contribution in [3.63, 3.8) is 0 Å². The molecule has 0 saturated carbocycles. The van der Waals surface area contributed by atoms with Crippen molar-refractivity contribution in [1.82, 2.24) is 4.90 Å². The van der Waals surface area contributed by atoms with E-state index in [0.29, 0.717) is 5.75 Å². The van der Waals surface area contributed by atoms with Crippen molar-refractivity contribution in [3.8, 4) is 5.75 Å². The molecule has 0 N–H and O–H groups in total. The van der Waals surface area contributed by atoms with Crippen molar-refractivity contribution < 1.29 is 18.3 Å². The van der Waals surface area contributed by atoms with Gasteiger partial charge in [-0.1, -0.05) is 12.1 Å². The molecule has 0 aliphatic heterocycles. The minimum absolute atomic E-state index is 0.233. The van der Waals surface area contributed by atoms with E-state index in [-0.39, 0.29) is 23.6 Å². The third-order valence-electron chi connectivity index (χ3n) is 3.96. The Morgan fingerprint density at radius 2 is 1.46 bits per heavy atom. The predicted molar refractivity (Wildman–Crippen MR) is 88.7 cm³/mol. The molecule has 3 nitrogen and oxygen atoms in total. The number of benzene rings is 2. The van der Waals surface area contributed by atoms with Crippen LogP contribution in [0.4, 0.5) is 8.78 Å². The number of amides is 1. The standard InChI is InChI=1S/C19H21F2NO2/c1-13(14-5-7-15(20)8-6-14)22(4)18(23)19(2,3)24-17-11-9-16(21)10-12-17/h5-13H,1-4H3. The highest BCUT2D eigenvalue weighted by Gasteiger charge is 2.34. The van der Waals surface area contributed by atoms with Crippen LogP contribution in [-0.2, 0) is 4.79 Å². The third-order valence-corrected chi connectivity index (χ3v) is 3.96. The van der Waals surface area contributed by atoms with Crippen LogP contribution in [0.2, 0.25) is 0 Å². The summed E-state index contributed by atoms with van der Waals surface area (Å²) in [6, 6.07) is 11.3. The van der Waals surface area contributed by atoms with Crippen LogP contribution < -0.4 is 4.74 Å². The zero-order chi connectivity index (χ0) is 17.9. The molecule has 2 aromatic rings. The highest BCUT2D eigenvalue weighted by Crippen LogP contribution is 2.25. The Balaban J connectivity index is 2.12. The Morgan fingerprint density at radius 3 is 1.96 bits per heavy atom. The molecule has 24 heavy (non-hydrogen) atoms. The number of hydrogen-bond acceptors (Lipinski definition) is 2. The van der Waals surface area contributed by atoms with Crippen molar-refractivity contribution >= 4 is 5.91 Å². The molecule has 1 atom stereocenters. The lowest BCUT2D eigenvalue weighted by atomic mass is 10.0. The Morgan fingerprint density at radius 1 is 1.00 bits per heavy atom. The molecule has 1 unspecified atom stereocenters. The number of carbonyl (C=O) groups is 1. The molecule has 0 bridgehead atoms. The molecular weight excluding hydrogens is 312 g/mol. The van der Waals surface area contributed by atoms with Gasteiger partial charge in [0.2, 0.25) is 0 Å². The average Bonchev–Trinajstić information content (AvgIpc) is 2.55. The van der Waals surface area contributed by atoms with Crippen molar-refractivity contribution in [3.05, 3.63) is 65.7 Å². The molecule has 1 amide bonds. The molecule has 0 spiro atoms. The number of rotatable bonds is 5. The van der Waals surface area contributed by atoms with Gasteiger partial charge in [0.25, 0.3) is 5.91 Å². The zero-order valence-electron chi connectivity index (χ0n) is 14.2. The fourth-order valence-electron chi connectivity index (χ4n) is 2.41. The van der Waals surface area contributed by atoms with Crippen molar-refractivity contribution in [2.75, 3.05) is 7.05 Å². The van der Waals surface area contributed by atoms with Crippen LogP contribution in [0.15, 0.2) is 48.5 Å². The van der Waals surface area contributed by atoms with Crippen LogP contribution in [0.3, 0.4) is 0 Å². The third kappa shape index (κ3) is 4.10. The molecule has 5 heteroatoms. The van der Waals surface area contributed by atoms with E-state index in [9.17, 15) is 13.6 Å². The summed E-state index contributed by atoms with van der Waals surface area (Å²) in [4.78, 5) is 14.3. The number of ether oxygens (including phenoxy) is 1. The van der Waals surface area contributed by atoms with Gasteiger partial charge in [0, 0.05) is 7.05 Å². The second-order valence-electron chi connectivity index (χ2n) is 6.21. The first-order valence-electron chi connectivity index (χ1n) is 7.68. The van der Waals surface area contributed by atoms with E-state index in [0.717, 1.165) is 5.56 Å². The Bertz CT molecular complexity index is 696. The van der Waals surface area contributed by atoms with Gasteiger partial charge < -0.3 is 9.64 Å². The van der Waals surface area contributed by atoms with E-state index in [2.05, 4.69) is 0 Å². The fourth-order valence-corrected chi connectivity index (χ4v) is 2.41. The smallest absolute Gasteiger partial charge is 0.266 e. The first-order chi connectivity index (χ1) is 11.2. The van der Waals surface area contributed by atoms with Crippen LogP contribution in [0, 0.1) is 11.6 Å². The molecule has 128 valence electrons. The molecular formula is C19H21F2NO2. The number of hydrogen-bond donors (Lipinski definition) is 0. The quantitative estimate of drug-likeness (QED) is 0.814. The van der Waals surface area contributed by atoms with E-state index in [1.165, 1.54) is 36.4 Å². The summed E-state index contributed by atoms with van der Waals surface area (Å²) < 4.78 is 31.7. The number of halogens is 2. The second kappa shape index (κ2) is 6.99. The summed E-state index contributed by atoms with van der Waals surface area (Å²) in [7, 11) is 1.67. The maximum atomic E-state index is 13.0. The summed E-state index contributed by atoms with van der Waals surface area (Å²) in [5, 5.41) is 0. The fraction of sp³-hybridized carbons (Fsp3) is 0.316. The number of likely N-dealkylation sites (N-methyl/N-ethyl adjacent to an activating group) is 1. The first-order valence-corrected chi connectivity index (χ1v) is 7.68. The van der Waals surface area contributed by atoms with E-state index in [1.54, 1.807) is 37.9 Å². The summed E-state index contributed by atoms with van der Waals surface area (Å²) in [6.45, 7) is 5.18.